The Morgan fingerprint density at radius 3 is 2.94 bits per heavy atom. The molecule has 1 aromatic carbocycles. The van der Waals surface area contributed by atoms with Gasteiger partial charge in [0, 0.05) is 22.1 Å². The number of hydrogen-bond acceptors (Lipinski definition) is 1. The zero-order valence-electron chi connectivity index (χ0n) is 9.92. The van der Waals surface area contributed by atoms with Crippen molar-refractivity contribution in [2.24, 2.45) is 0 Å². The van der Waals surface area contributed by atoms with E-state index in [2.05, 4.69) is 33.4 Å². The summed E-state index contributed by atoms with van der Waals surface area (Å²) in [5, 5.41) is 3.49. The van der Waals surface area contributed by atoms with E-state index in [0.717, 1.165) is 29.3 Å². The van der Waals surface area contributed by atoms with Crippen molar-refractivity contribution >= 4 is 15.9 Å². The van der Waals surface area contributed by atoms with Gasteiger partial charge >= 0.3 is 0 Å². The summed E-state index contributed by atoms with van der Waals surface area (Å²) in [4.78, 5) is 0. The van der Waals surface area contributed by atoms with E-state index >= 15 is 0 Å². The first kappa shape index (κ1) is 12.8. The van der Waals surface area contributed by atoms with E-state index in [1.54, 1.807) is 6.07 Å². The maximum atomic E-state index is 13.7. The Labute approximate surface area is 110 Å². The SMILES string of the molecule is CC(NC1CC=CCC1)c1cc(Br)ccc1F. The molecule has 17 heavy (non-hydrogen) atoms. The summed E-state index contributed by atoms with van der Waals surface area (Å²) in [6, 6.07) is 5.61. The highest BCUT2D eigenvalue weighted by molar-refractivity contribution is 9.10. The van der Waals surface area contributed by atoms with Crippen molar-refractivity contribution in [1.82, 2.24) is 5.32 Å². The lowest BCUT2D eigenvalue weighted by atomic mass is 9.99. The van der Waals surface area contributed by atoms with Gasteiger partial charge in [0.05, 0.1) is 0 Å². The van der Waals surface area contributed by atoms with E-state index in [1.165, 1.54) is 6.07 Å². The Kier molecular flexibility index (Phi) is 4.35. The molecule has 0 aliphatic heterocycles. The molecule has 2 rings (SSSR count). The molecule has 0 saturated carbocycles. The molecule has 0 radical (unpaired) electrons. The molecule has 1 aliphatic carbocycles. The van der Waals surface area contributed by atoms with E-state index in [4.69, 9.17) is 0 Å². The summed E-state index contributed by atoms with van der Waals surface area (Å²) < 4.78 is 14.6. The van der Waals surface area contributed by atoms with Crippen LogP contribution in [0.25, 0.3) is 0 Å². The predicted octanol–water partition coefficient (Wildman–Crippen LogP) is 4.35. The molecule has 0 bridgehead atoms. The molecule has 1 aliphatic rings. The minimum absolute atomic E-state index is 0.0454. The average Bonchev–Trinajstić information content (AvgIpc) is 2.33. The topological polar surface area (TPSA) is 12.0 Å². The van der Waals surface area contributed by atoms with E-state index in [0.29, 0.717) is 6.04 Å². The summed E-state index contributed by atoms with van der Waals surface area (Å²) in [5.41, 5.74) is 0.730. The average molecular weight is 298 g/mol. The molecule has 1 N–H and O–H groups in total. The Morgan fingerprint density at radius 1 is 1.41 bits per heavy atom. The molecule has 0 heterocycles. The van der Waals surface area contributed by atoms with Crippen LogP contribution in [0.2, 0.25) is 0 Å². The predicted molar refractivity (Wildman–Crippen MR) is 72.4 cm³/mol. The molecular formula is C14H17BrFN. The molecule has 0 saturated heterocycles. The van der Waals surface area contributed by atoms with Crippen LogP contribution < -0.4 is 5.32 Å². The highest BCUT2D eigenvalue weighted by Crippen LogP contribution is 2.23. The monoisotopic (exact) mass is 297 g/mol. The van der Waals surface area contributed by atoms with Crippen molar-refractivity contribution in [3.8, 4) is 0 Å². The lowest BCUT2D eigenvalue weighted by molar-refractivity contribution is 0.416. The van der Waals surface area contributed by atoms with Gasteiger partial charge in [0.15, 0.2) is 0 Å². The van der Waals surface area contributed by atoms with Gasteiger partial charge in [-0.2, -0.15) is 0 Å². The van der Waals surface area contributed by atoms with E-state index < -0.39 is 0 Å². The van der Waals surface area contributed by atoms with Crippen molar-refractivity contribution in [2.45, 2.75) is 38.3 Å². The fraction of sp³-hybridized carbons (Fsp3) is 0.429. The van der Waals surface area contributed by atoms with Gasteiger partial charge in [-0.05, 0) is 44.4 Å². The van der Waals surface area contributed by atoms with Crippen molar-refractivity contribution < 1.29 is 4.39 Å². The molecule has 3 heteroatoms. The van der Waals surface area contributed by atoms with Crippen LogP contribution in [-0.2, 0) is 0 Å². The normalized spacial score (nSPS) is 21.5. The first-order chi connectivity index (χ1) is 8.16. The van der Waals surface area contributed by atoms with Gasteiger partial charge in [0.25, 0.3) is 0 Å². The van der Waals surface area contributed by atoms with E-state index in [1.807, 2.05) is 13.0 Å². The number of halogens is 2. The molecule has 0 spiro atoms. The number of rotatable bonds is 3. The molecule has 2 atom stereocenters. The Bertz CT molecular complexity index is 417. The summed E-state index contributed by atoms with van der Waals surface area (Å²) in [5.74, 6) is -0.139. The van der Waals surface area contributed by atoms with Gasteiger partial charge < -0.3 is 5.32 Å². The second-order valence-electron chi connectivity index (χ2n) is 4.54. The second-order valence-corrected chi connectivity index (χ2v) is 5.45. The molecule has 2 unspecified atom stereocenters. The third-order valence-electron chi connectivity index (χ3n) is 3.18. The van der Waals surface area contributed by atoms with Gasteiger partial charge in [-0.25, -0.2) is 4.39 Å². The number of nitrogens with one attached hydrogen (secondary N) is 1. The first-order valence-corrected chi connectivity index (χ1v) is 6.82. The van der Waals surface area contributed by atoms with Crippen LogP contribution >= 0.6 is 15.9 Å². The quantitative estimate of drug-likeness (QED) is 0.818. The minimum Gasteiger partial charge on any atom is -0.307 e. The second kappa shape index (κ2) is 5.78. The van der Waals surface area contributed by atoms with Gasteiger partial charge in [0.1, 0.15) is 5.82 Å². The van der Waals surface area contributed by atoms with Crippen LogP contribution in [0.4, 0.5) is 4.39 Å². The van der Waals surface area contributed by atoms with Crippen LogP contribution in [0, 0.1) is 5.82 Å². The molecule has 1 aromatic rings. The van der Waals surface area contributed by atoms with Gasteiger partial charge in [-0.15, -0.1) is 0 Å². The fourth-order valence-electron chi connectivity index (χ4n) is 2.23. The van der Waals surface area contributed by atoms with Crippen LogP contribution in [-0.4, -0.2) is 6.04 Å². The standard InChI is InChI=1S/C14H17BrFN/c1-10(17-12-5-3-2-4-6-12)13-9-11(15)7-8-14(13)16/h2-3,7-10,12,17H,4-6H2,1H3. The van der Waals surface area contributed by atoms with Crippen molar-refractivity contribution in [3.05, 3.63) is 46.2 Å². The molecule has 0 aromatic heterocycles. The van der Waals surface area contributed by atoms with Crippen molar-refractivity contribution in [3.63, 3.8) is 0 Å². The minimum atomic E-state index is -0.139. The molecule has 0 amide bonds. The first-order valence-electron chi connectivity index (χ1n) is 6.03. The van der Waals surface area contributed by atoms with Crippen LogP contribution in [0.1, 0.15) is 37.8 Å². The Balaban J connectivity index is 2.05. The maximum absolute atomic E-state index is 13.7. The van der Waals surface area contributed by atoms with Crippen LogP contribution in [0.3, 0.4) is 0 Å². The summed E-state index contributed by atoms with van der Waals surface area (Å²) >= 11 is 3.38. The lowest BCUT2D eigenvalue weighted by Gasteiger charge is -2.24. The summed E-state index contributed by atoms with van der Waals surface area (Å²) in [7, 11) is 0. The smallest absolute Gasteiger partial charge is 0.128 e. The lowest BCUT2D eigenvalue weighted by Crippen LogP contribution is -2.32. The van der Waals surface area contributed by atoms with Crippen LogP contribution in [0.15, 0.2) is 34.8 Å². The largest absolute Gasteiger partial charge is 0.307 e. The number of benzene rings is 1. The molecular weight excluding hydrogens is 281 g/mol. The van der Waals surface area contributed by atoms with E-state index in [9.17, 15) is 4.39 Å². The molecule has 1 nitrogen and oxygen atoms in total. The third-order valence-corrected chi connectivity index (χ3v) is 3.67. The van der Waals surface area contributed by atoms with Crippen molar-refractivity contribution in [2.75, 3.05) is 0 Å². The maximum Gasteiger partial charge on any atom is 0.128 e. The van der Waals surface area contributed by atoms with Gasteiger partial charge in [0.2, 0.25) is 0 Å². The molecule has 92 valence electrons. The number of allylic oxidation sites excluding steroid dienone is 1. The Morgan fingerprint density at radius 2 is 2.24 bits per heavy atom. The molecule has 0 fully saturated rings. The highest BCUT2D eigenvalue weighted by Gasteiger charge is 2.16. The van der Waals surface area contributed by atoms with E-state index in [-0.39, 0.29) is 11.9 Å². The zero-order valence-corrected chi connectivity index (χ0v) is 11.5. The third kappa shape index (κ3) is 3.39. The highest BCUT2D eigenvalue weighted by atomic mass is 79.9. The Hall–Kier alpha value is -0.670. The zero-order chi connectivity index (χ0) is 12.3. The van der Waals surface area contributed by atoms with Crippen molar-refractivity contribution in [1.29, 1.82) is 0 Å². The number of hydrogen-bond donors (Lipinski definition) is 1. The van der Waals surface area contributed by atoms with Gasteiger partial charge in [-0.3, -0.25) is 0 Å². The summed E-state index contributed by atoms with van der Waals surface area (Å²) in [6.07, 6.45) is 7.70. The van der Waals surface area contributed by atoms with Gasteiger partial charge in [-0.1, -0.05) is 28.1 Å². The van der Waals surface area contributed by atoms with Crippen LogP contribution in [0.5, 0.6) is 0 Å². The summed E-state index contributed by atoms with van der Waals surface area (Å²) in [6.45, 7) is 2.02. The fourth-order valence-corrected chi connectivity index (χ4v) is 2.61.